The lowest BCUT2D eigenvalue weighted by Gasteiger charge is -2.26. The Hall–Kier alpha value is -5.17. The topological polar surface area (TPSA) is 150 Å². The third-order valence-electron chi connectivity index (χ3n) is 5.94. The number of esters is 1. The molecule has 0 spiro atoms. The van der Waals surface area contributed by atoms with Crippen LogP contribution in [0.3, 0.4) is 0 Å². The largest absolute Gasteiger partial charge is 0.495 e. The predicted octanol–water partition coefficient (Wildman–Crippen LogP) is 3.94. The normalized spacial score (nSPS) is 13.9. The molecule has 0 unspecified atom stereocenters. The number of imide groups is 2. The maximum absolute atomic E-state index is 13.3. The molecule has 0 saturated carbocycles. The van der Waals surface area contributed by atoms with E-state index in [2.05, 4.69) is 31.3 Å². The first kappa shape index (κ1) is 29.8. The monoisotopic (exact) mass is 637 g/mol. The van der Waals surface area contributed by atoms with Crippen LogP contribution in [0.25, 0.3) is 6.08 Å². The highest BCUT2D eigenvalue weighted by atomic mass is 79.9. The minimum atomic E-state index is -0.943. The van der Waals surface area contributed by atoms with Gasteiger partial charge in [-0.1, -0.05) is 12.1 Å². The summed E-state index contributed by atoms with van der Waals surface area (Å²) < 4.78 is 21.4. The predicted molar refractivity (Wildman–Crippen MR) is 155 cm³/mol. The minimum Gasteiger partial charge on any atom is -0.495 e. The molecule has 0 aromatic heterocycles. The van der Waals surface area contributed by atoms with E-state index in [1.165, 1.54) is 57.7 Å². The van der Waals surface area contributed by atoms with Crippen molar-refractivity contribution in [3.8, 4) is 17.2 Å². The first-order valence-electron chi connectivity index (χ1n) is 12.2. The summed E-state index contributed by atoms with van der Waals surface area (Å²) in [5, 5.41) is 4.84. The van der Waals surface area contributed by atoms with Crippen molar-refractivity contribution < 1.29 is 42.9 Å². The number of urea groups is 1. The van der Waals surface area contributed by atoms with Crippen molar-refractivity contribution >= 4 is 63.1 Å². The van der Waals surface area contributed by atoms with E-state index >= 15 is 0 Å². The van der Waals surface area contributed by atoms with E-state index in [9.17, 15) is 24.0 Å². The molecule has 0 bridgehead atoms. The van der Waals surface area contributed by atoms with Gasteiger partial charge in [0.15, 0.2) is 18.1 Å². The molecule has 1 fully saturated rings. The smallest absolute Gasteiger partial charge is 0.337 e. The van der Waals surface area contributed by atoms with Crippen LogP contribution in [0.5, 0.6) is 17.2 Å². The highest BCUT2D eigenvalue weighted by molar-refractivity contribution is 9.10. The van der Waals surface area contributed by atoms with Crippen LogP contribution in [0.2, 0.25) is 0 Å². The molecular weight excluding hydrogens is 614 g/mol. The van der Waals surface area contributed by atoms with Crippen LogP contribution in [-0.4, -0.2) is 57.7 Å². The summed E-state index contributed by atoms with van der Waals surface area (Å²) in [4.78, 5) is 63.4. The fraction of sp³-hybridized carbons (Fsp3) is 0.138. The van der Waals surface area contributed by atoms with Crippen molar-refractivity contribution in [2.45, 2.75) is 0 Å². The maximum atomic E-state index is 13.3. The average Bonchev–Trinajstić information content (AvgIpc) is 2.98. The number of carbonyl (C=O) groups excluding carboxylic acids is 5. The molecule has 1 aliphatic rings. The number of amides is 5. The number of barbiturate groups is 1. The van der Waals surface area contributed by atoms with Crippen molar-refractivity contribution in [2.75, 3.05) is 38.2 Å². The molecule has 2 N–H and O–H groups in total. The molecule has 1 heterocycles. The van der Waals surface area contributed by atoms with Gasteiger partial charge in [0.2, 0.25) is 0 Å². The number of hydrogen-bond acceptors (Lipinski definition) is 9. The van der Waals surface area contributed by atoms with Crippen LogP contribution in [0.1, 0.15) is 15.9 Å². The van der Waals surface area contributed by atoms with Crippen LogP contribution in [0.15, 0.2) is 70.7 Å². The number of benzene rings is 3. The molecule has 0 atom stereocenters. The molecule has 3 aromatic carbocycles. The zero-order valence-corrected chi connectivity index (χ0v) is 24.1. The summed E-state index contributed by atoms with van der Waals surface area (Å²) in [6, 6.07) is 14.6. The van der Waals surface area contributed by atoms with E-state index in [0.29, 0.717) is 21.5 Å². The Morgan fingerprint density at radius 1 is 0.952 bits per heavy atom. The Bertz CT molecular complexity index is 1600. The van der Waals surface area contributed by atoms with Crippen molar-refractivity contribution in [1.82, 2.24) is 5.32 Å². The summed E-state index contributed by atoms with van der Waals surface area (Å²) >= 11 is 3.38. The first-order valence-corrected chi connectivity index (χ1v) is 13.0. The van der Waals surface area contributed by atoms with Crippen molar-refractivity contribution in [3.63, 3.8) is 0 Å². The molecule has 5 amide bonds. The van der Waals surface area contributed by atoms with Crippen LogP contribution < -0.4 is 29.7 Å². The van der Waals surface area contributed by atoms with Crippen LogP contribution in [-0.2, 0) is 19.1 Å². The molecule has 0 radical (unpaired) electrons. The van der Waals surface area contributed by atoms with E-state index < -0.39 is 29.7 Å². The Balaban J connectivity index is 1.55. The van der Waals surface area contributed by atoms with Crippen LogP contribution >= 0.6 is 15.9 Å². The fourth-order valence-corrected chi connectivity index (χ4v) is 4.53. The molecule has 13 heteroatoms. The van der Waals surface area contributed by atoms with Gasteiger partial charge < -0.3 is 24.3 Å². The van der Waals surface area contributed by atoms with Crippen LogP contribution in [0, 0.1) is 0 Å². The first-order chi connectivity index (χ1) is 20.2. The minimum absolute atomic E-state index is 0.137. The van der Waals surface area contributed by atoms with Gasteiger partial charge >= 0.3 is 12.0 Å². The van der Waals surface area contributed by atoms with Gasteiger partial charge in [-0.3, -0.25) is 19.7 Å². The molecular formula is C29H24BrN3O9. The number of carbonyl (C=O) groups is 5. The Labute approximate surface area is 248 Å². The van der Waals surface area contributed by atoms with Crippen molar-refractivity contribution in [2.24, 2.45) is 0 Å². The lowest BCUT2D eigenvalue weighted by atomic mass is 10.1. The number of halogens is 1. The summed E-state index contributed by atoms with van der Waals surface area (Å²) in [7, 11) is 4.11. The number of methoxy groups -OCH3 is 3. The quantitative estimate of drug-likeness (QED) is 0.202. The van der Waals surface area contributed by atoms with E-state index in [0.717, 1.165) is 4.90 Å². The standard InChI is InChI=1S/C29H24BrN3O9/c1-39-22-7-5-4-6-21(22)31-24(34)15-42-25-20(30)13-16(14-23(25)40-2)12-19-26(35)32-29(38)33(27(19)36)18-10-8-17(9-11-18)28(37)41-3/h4-14H,15H2,1-3H3,(H,31,34)(H,32,35,38)/b19-12-. The molecule has 12 nitrogen and oxygen atoms in total. The summed E-state index contributed by atoms with van der Waals surface area (Å²) in [5.74, 6) is -1.91. The number of nitrogens with one attached hydrogen (secondary N) is 2. The molecule has 216 valence electrons. The van der Waals surface area contributed by atoms with Gasteiger partial charge in [0.05, 0.1) is 42.7 Å². The van der Waals surface area contributed by atoms with Gasteiger partial charge in [0.1, 0.15) is 11.3 Å². The molecule has 1 saturated heterocycles. The number of para-hydroxylation sites is 2. The lowest BCUT2D eigenvalue weighted by molar-refractivity contribution is -0.122. The van der Waals surface area contributed by atoms with Crippen molar-refractivity contribution in [3.05, 3.63) is 81.8 Å². The summed E-state index contributed by atoms with van der Waals surface area (Å²) in [5.41, 5.74) is 0.861. The van der Waals surface area contributed by atoms with Crippen LogP contribution in [0.4, 0.5) is 16.2 Å². The molecule has 42 heavy (non-hydrogen) atoms. The van der Waals surface area contributed by atoms with E-state index in [4.69, 9.17) is 14.2 Å². The molecule has 3 aromatic rings. The number of anilines is 2. The fourth-order valence-electron chi connectivity index (χ4n) is 3.96. The summed E-state index contributed by atoms with van der Waals surface area (Å²) in [6.07, 6.45) is 1.28. The Kier molecular flexibility index (Phi) is 9.22. The van der Waals surface area contributed by atoms with Gasteiger partial charge in [0, 0.05) is 0 Å². The second kappa shape index (κ2) is 13.0. The second-order valence-electron chi connectivity index (χ2n) is 8.57. The maximum Gasteiger partial charge on any atom is 0.337 e. The number of ether oxygens (including phenoxy) is 4. The zero-order valence-electron chi connectivity index (χ0n) is 22.6. The zero-order chi connectivity index (χ0) is 30.4. The van der Waals surface area contributed by atoms with Crippen molar-refractivity contribution in [1.29, 1.82) is 0 Å². The van der Waals surface area contributed by atoms with E-state index in [-0.39, 0.29) is 34.9 Å². The molecule has 0 aliphatic carbocycles. The summed E-state index contributed by atoms with van der Waals surface area (Å²) in [6.45, 7) is -0.361. The lowest BCUT2D eigenvalue weighted by Crippen LogP contribution is -2.54. The Morgan fingerprint density at radius 3 is 2.31 bits per heavy atom. The van der Waals surface area contributed by atoms with Gasteiger partial charge in [-0.15, -0.1) is 0 Å². The van der Waals surface area contributed by atoms with Gasteiger partial charge in [0.25, 0.3) is 17.7 Å². The second-order valence-corrected chi connectivity index (χ2v) is 9.42. The molecule has 4 rings (SSSR count). The van der Waals surface area contributed by atoms with E-state index in [1.54, 1.807) is 30.3 Å². The Morgan fingerprint density at radius 2 is 1.64 bits per heavy atom. The number of rotatable bonds is 9. The van der Waals surface area contributed by atoms with Gasteiger partial charge in [-0.25, -0.2) is 14.5 Å². The highest BCUT2D eigenvalue weighted by Crippen LogP contribution is 2.37. The SMILES string of the molecule is COC(=O)c1ccc(N2C(=O)NC(=O)/C(=C/c3cc(Br)c(OCC(=O)Nc4ccccc4OC)c(OC)c3)C2=O)cc1. The van der Waals surface area contributed by atoms with Gasteiger partial charge in [-0.2, -0.15) is 0 Å². The molecule has 1 aliphatic heterocycles. The van der Waals surface area contributed by atoms with Gasteiger partial charge in [-0.05, 0) is 76.1 Å². The van der Waals surface area contributed by atoms with E-state index in [1.807, 2.05) is 0 Å². The number of nitrogens with zero attached hydrogens (tertiary/aromatic N) is 1. The third-order valence-corrected chi connectivity index (χ3v) is 6.53. The number of hydrogen-bond donors (Lipinski definition) is 2. The average molecular weight is 638 g/mol. The highest BCUT2D eigenvalue weighted by Gasteiger charge is 2.37. The third kappa shape index (κ3) is 6.41.